The molecule has 0 fully saturated rings. The Kier molecular flexibility index (Phi) is 6.32. The number of carboxylic acids is 1. The van der Waals surface area contributed by atoms with Crippen LogP contribution in [0.5, 0.6) is 5.75 Å². The number of hydrogen-bond acceptors (Lipinski definition) is 4. The number of ether oxygens (including phenoxy) is 2. The summed E-state index contributed by atoms with van der Waals surface area (Å²) in [7, 11) is 3.55. The van der Waals surface area contributed by atoms with E-state index in [1.54, 1.807) is 25.3 Å². The van der Waals surface area contributed by atoms with Gasteiger partial charge in [-0.15, -0.1) is 0 Å². The lowest BCUT2D eigenvalue weighted by Gasteiger charge is -2.18. The summed E-state index contributed by atoms with van der Waals surface area (Å²) in [5, 5.41) is 9.01. The van der Waals surface area contributed by atoms with Gasteiger partial charge in [0, 0.05) is 25.3 Å². The first kappa shape index (κ1) is 15.5. The van der Waals surface area contributed by atoms with Crippen LogP contribution in [0.1, 0.15) is 22.8 Å². The Morgan fingerprint density at radius 1 is 1.42 bits per heavy atom. The van der Waals surface area contributed by atoms with Crippen molar-refractivity contribution in [3.8, 4) is 5.75 Å². The molecule has 5 heteroatoms. The van der Waals surface area contributed by atoms with E-state index in [4.69, 9.17) is 14.6 Å². The highest BCUT2D eigenvalue weighted by Gasteiger charge is 2.10. The first-order valence-electron chi connectivity index (χ1n) is 6.25. The highest BCUT2D eigenvalue weighted by molar-refractivity contribution is 5.88. The van der Waals surface area contributed by atoms with Gasteiger partial charge >= 0.3 is 5.97 Å². The van der Waals surface area contributed by atoms with E-state index in [2.05, 4.69) is 4.90 Å². The van der Waals surface area contributed by atoms with Crippen molar-refractivity contribution in [3.05, 3.63) is 29.3 Å². The topological polar surface area (TPSA) is 59.0 Å². The van der Waals surface area contributed by atoms with Crippen LogP contribution < -0.4 is 4.74 Å². The van der Waals surface area contributed by atoms with E-state index < -0.39 is 5.97 Å². The van der Waals surface area contributed by atoms with E-state index in [1.807, 2.05) is 14.0 Å². The van der Waals surface area contributed by atoms with Crippen LogP contribution in [0, 0.1) is 0 Å². The quantitative estimate of drug-likeness (QED) is 0.729. The predicted molar refractivity (Wildman–Crippen MR) is 72.8 cm³/mol. The zero-order valence-electron chi connectivity index (χ0n) is 11.7. The third kappa shape index (κ3) is 4.89. The number of carbonyl (C=O) groups is 1. The Hall–Kier alpha value is -1.59. The summed E-state index contributed by atoms with van der Waals surface area (Å²) in [5.41, 5.74) is 1.13. The van der Waals surface area contributed by atoms with Gasteiger partial charge in [-0.1, -0.05) is 0 Å². The van der Waals surface area contributed by atoms with Crippen molar-refractivity contribution >= 4 is 5.97 Å². The second-order valence-corrected chi connectivity index (χ2v) is 4.27. The van der Waals surface area contributed by atoms with E-state index >= 15 is 0 Å². The summed E-state index contributed by atoms with van der Waals surface area (Å²) in [4.78, 5) is 13.0. The minimum Gasteiger partial charge on any atom is -0.496 e. The molecule has 0 bridgehead atoms. The molecule has 0 unspecified atom stereocenters. The molecule has 0 saturated carbocycles. The van der Waals surface area contributed by atoms with Gasteiger partial charge < -0.3 is 14.6 Å². The number of carboxylic acid groups (broad SMARTS) is 1. The molecule has 0 saturated heterocycles. The average Bonchev–Trinajstić information content (AvgIpc) is 2.38. The Labute approximate surface area is 113 Å². The van der Waals surface area contributed by atoms with Crippen molar-refractivity contribution in [1.82, 2.24) is 4.90 Å². The fourth-order valence-corrected chi connectivity index (χ4v) is 1.77. The average molecular weight is 267 g/mol. The van der Waals surface area contributed by atoms with Crippen LogP contribution >= 0.6 is 0 Å². The molecule has 106 valence electrons. The molecule has 5 nitrogen and oxygen atoms in total. The van der Waals surface area contributed by atoms with Crippen LogP contribution in [-0.2, 0) is 11.3 Å². The lowest BCUT2D eigenvalue weighted by molar-refractivity contribution is 0.0696. The zero-order valence-corrected chi connectivity index (χ0v) is 11.7. The van der Waals surface area contributed by atoms with Crippen molar-refractivity contribution in [1.29, 1.82) is 0 Å². The van der Waals surface area contributed by atoms with Gasteiger partial charge in [0.1, 0.15) is 5.75 Å². The lowest BCUT2D eigenvalue weighted by Crippen LogP contribution is -2.23. The molecule has 0 aliphatic rings. The molecular weight excluding hydrogens is 246 g/mol. The second kappa shape index (κ2) is 7.76. The molecule has 0 amide bonds. The third-order valence-corrected chi connectivity index (χ3v) is 2.79. The molecule has 1 aromatic rings. The van der Waals surface area contributed by atoms with Gasteiger partial charge in [0.2, 0.25) is 0 Å². The van der Waals surface area contributed by atoms with Gasteiger partial charge in [-0.05, 0) is 32.2 Å². The Morgan fingerprint density at radius 2 is 2.16 bits per heavy atom. The van der Waals surface area contributed by atoms with Crippen LogP contribution in [0.3, 0.4) is 0 Å². The lowest BCUT2D eigenvalue weighted by atomic mass is 10.1. The maximum absolute atomic E-state index is 11.0. The largest absolute Gasteiger partial charge is 0.496 e. The fraction of sp³-hybridized carbons (Fsp3) is 0.500. The summed E-state index contributed by atoms with van der Waals surface area (Å²) in [6.45, 7) is 4.73. The number of likely N-dealkylation sites (N-methyl/N-ethyl adjacent to an activating group) is 1. The van der Waals surface area contributed by atoms with Crippen LogP contribution in [0.4, 0.5) is 0 Å². The molecule has 0 atom stereocenters. The Bertz CT molecular complexity index is 420. The van der Waals surface area contributed by atoms with Crippen LogP contribution in [0.25, 0.3) is 0 Å². The van der Waals surface area contributed by atoms with E-state index in [0.717, 1.165) is 12.1 Å². The molecule has 1 rings (SSSR count). The number of aromatic carboxylic acids is 1. The highest BCUT2D eigenvalue weighted by atomic mass is 16.5. The number of methoxy groups -OCH3 is 1. The fourth-order valence-electron chi connectivity index (χ4n) is 1.77. The molecule has 0 aliphatic carbocycles. The van der Waals surface area contributed by atoms with Gasteiger partial charge in [0.25, 0.3) is 0 Å². The van der Waals surface area contributed by atoms with Crippen molar-refractivity contribution in [2.45, 2.75) is 13.5 Å². The molecule has 0 aromatic heterocycles. The molecule has 0 spiro atoms. The van der Waals surface area contributed by atoms with Crippen molar-refractivity contribution in [2.24, 2.45) is 0 Å². The first-order chi connectivity index (χ1) is 9.08. The second-order valence-electron chi connectivity index (χ2n) is 4.27. The number of nitrogens with zero attached hydrogens (tertiary/aromatic N) is 1. The Balaban J connectivity index is 2.74. The molecule has 1 N–H and O–H groups in total. The van der Waals surface area contributed by atoms with E-state index in [0.29, 0.717) is 25.5 Å². The summed E-state index contributed by atoms with van der Waals surface area (Å²) in [5.74, 6) is -0.228. The maximum Gasteiger partial charge on any atom is 0.335 e. The van der Waals surface area contributed by atoms with Gasteiger partial charge in [-0.3, -0.25) is 4.90 Å². The monoisotopic (exact) mass is 267 g/mol. The normalized spacial score (nSPS) is 10.7. The minimum atomic E-state index is -0.930. The zero-order chi connectivity index (χ0) is 14.3. The van der Waals surface area contributed by atoms with Crippen molar-refractivity contribution in [3.63, 3.8) is 0 Å². The number of benzene rings is 1. The molecular formula is C14H21NO4. The predicted octanol–water partition coefficient (Wildman–Crippen LogP) is 1.86. The first-order valence-corrected chi connectivity index (χ1v) is 6.25. The van der Waals surface area contributed by atoms with Crippen molar-refractivity contribution < 1.29 is 19.4 Å². The Morgan fingerprint density at radius 3 is 2.74 bits per heavy atom. The van der Waals surface area contributed by atoms with Crippen LogP contribution in [0.15, 0.2) is 18.2 Å². The van der Waals surface area contributed by atoms with E-state index in [1.165, 1.54) is 0 Å². The third-order valence-electron chi connectivity index (χ3n) is 2.79. The maximum atomic E-state index is 11.0. The van der Waals surface area contributed by atoms with Gasteiger partial charge in [0.05, 0.1) is 19.3 Å². The summed E-state index contributed by atoms with van der Waals surface area (Å²) < 4.78 is 10.5. The molecule has 19 heavy (non-hydrogen) atoms. The minimum absolute atomic E-state index is 0.272. The van der Waals surface area contributed by atoms with E-state index in [9.17, 15) is 4.79 Å². The molecule has 0 heterocycles. The SMILES string of the molecule is CCOCCN(C)Cc1cc(C(=O)O)ccc1OC. The summed E-state index contributed by atoms with van der Waals surface area (Å²) in [6, 6.07) is 4.89. The molecule has 0 radical (unpaired) electrons. The van der Waals surface area contributed by atoms with E-state index in [-0.39, 0.29) is 5.56 Å². The number of hydrogen-bond donors (Lipinski definition) is 1. The van der Waals surface area contributed by atoms with Crippen LogP contribution in [0.2, 0.25) is 0 Å². The smallest absolute Gasteiger partial charge is 0.335 e. The molecule has 1 aromatic carbocycles. The standard InChI is InChI=1S/C14H21NO4/c1-4-19-8-7-15(2)10-12-9-11(14(16)17)5-6-13(12)18-3/h5-6,9H,4,7-8,10H2,1-3H3,(H,16,17). The number of rotatable bonds is 8. The highest BCUT2D eigenvalue weighted by Crippen LogP contribution is 2.21. The molecule has 0 aliphatic heterocycles. The van der Waals surface area contributed by atoms with Gasteiger partial charge in [0.15, 0.2) is 0 Å². The van der Waals surface area contributed by atoms with Crippen LogP contribution in [-0.4, -0.2) is 49.9 Å². The van der Waals surface area contributed by atoms with Gasteiger partial charge in [-0.25, -0.2) is 4.79 Å². The summed E-state index contributed by atoms with van der Waals surface area (Å²) in [6.07, 6.45) is 0. The van der Waals surface area contributed by atoms with Gasteiger partial charge in [-0.2, -0.15) is 0 Å². The summed E-state index contributed by atoms with van der Waals surface area (Å²) >= 11 is 0. The van der Waals surface area contributed by atoms with Crippen molar-refractivity contribution in [2.75, 3.05) is 33.9 Å².